The maximum absolute atomic E-state index is 13.5. The Kier molecular flexibility index (Phi) is 5.11. The number of rotatable bonds is 5. The van der Waals surface area contributed by atoms with E-state index in [2.05, 4.69) is 5.32 Å². The van der Waals surface area contributed by atoms with Crippen molar-refractivity contribution in [1.82, 2.24) is 0 Å². The number of imide groups is 1. The molecule has 0 unspecified atom stereocenters. The Morgan fingerprint density at radius 2 is 1.53 bits per heavy atom. The number of hydrogen-bond donors (Lipinski definition) is 1. The molecule has 0 fully saturated rings. The van der Waals surface area contributed by atoms with E-state index in [1.54, 1.807) is 19.2 Å². The summed E-state index contributed by atoms with van der Waals surface area (Å²) in [6.45, 7) is 3.84. The number of methoxy groups -OCH3 is 1. The summed E-state index contributed by atoms with van der Waals surface area (Å²) in [5.41, 5.74) is 4.46. The van der Waals surface area contributed by atoms with E-state index in [4.69, 9.17) is 4.74 Å². The van der Waals surface area contributed by atoms with Crippen molar-refractivity contribution in [3.8, 4) is 5.75 Å². The fourth-order valence-electron chi connectivity index (χ4n) is 3.52. The maximum Gasteiger partial charge on any atom is 0.282 e. The predicted molar refractivity (Wildman–Crippen MR) is 118 cm³/mol. The van der Waals surface area contributed by atoms with Crippen molar-refractivity contribution in [2.75, 3.05) is 17.3 Å². The van der Waals surface area contributed by atoms with E-state index in [0.717, 1.165) is 11.1 Å². The number of nitrogens with one attached hydrogen (secondary N) is 1. The molecule has 1 heterocycles. The van der Waals surface area contributed by atoms with Gasteiger partial charge in [0.1, 0.15) is 11.4 Å². The number of carbonyl (C=O) groups is 2. The molecule has 0 saturated carbocycles. The number of amides is 2. The second kappa shape index (κ2) is 7.87. The summed E-state index contributed by atoms with van der Waals surface area (Å²) < 4.78 is 5.20. The van der Waals surface area contributed by atoms with Crippen LogP contribution in [0, 0.1) is 13.8 Å². The minimum atomic E-state index is -0.372. The molecular weight excluding hydrogens is 376 g/mol. The largest absolute Gasteiger partial charge is 0.497 e. The Balaban J connectivity index is 1.81. The van der Waals surface area contributed by atoms with Gasteiger partial charge in [0.2, 0.25) is 0 Å². The minimum Gasteiger partial charge on any atom is -0.497 e. The van der Waals surface area contributed by atoms with Crippen LogP contribution in [0.3, 0.4) is 0 Å². The zero-order valence-electron chi connectivity index (χ0n) is 17.1. The van der Waals surface area contributed by atoms with Crippen LogP contribution in [-0.4, -0.2) is 18.9 Å². The number of carbonyl (C=O) groups excluding carboxylic acids is 2. The van der Waals surface area contributed by atoms with E-state index in [9.17, 15) is 9.59 Å². The molecule has 0 spiro atoms. The molecule has 2 amide bonds. The van der Waals surface area contributed by atoms with E-state index in [1.165, 1.54) is 4.90 Å². The lowest BCUT2D eigenvalue weighted by atomic mass is 10.0. The highest BCUT2D eigenvalue weighted by Gasteiger charge is 2.40. The van der Waals surface area contributed by atoms with Gasteiger partial charge in [0.15, 0.2) is 0 Å². The van der Waals surface area contributed by atoms with Gasteiger partial charge in [0.25, 0.3) is 11.8 Å². The number of ether oxygens (including phenoxy) is 1. The molecular formula is C25H22N2O3. The molecule has 0 bridgehead atoms. The second-order valence-electron chi connectivity index (χ2n) is 7.21. The van der Waals surface area contributed by atoms with E-state index in [-0.39, 0.29) is 17.5 Å². The van der Waals surface area contributed by atoms with Gasteiger partial charge in [-0.3, -0.25) is 9.59 Å². The molecule has 30 heavy (non-hydrogen) atoms. The highest BCUT2D eigenvalue weighted by Crippen LogP contribution is 2.35. The van der Waals surface area contributed by atoms with Crippen LogP contribution in [-0.2, 0) is 9.59 Å². The molecule has 0 radical (unpaired) electrons. The van der Waals surface area contributed by atoms with Crippen LogP contribution in [0.25, 0.3) is 5.57 Å². The van der Waals surface area contributed by atoms with Crippen LogP contribution >= 0.6 is 0 Å². The van der Waals surface area contributed by atoms with E-state index < -0.39 is 0 Å². The lowest BCUT2D eigenvalue weighted by Crippen LogP contribution is -2.33. The predicted octanol–water partition coefficient (Wildman–Crippen LogP) is 4.71. The monoisotopic (exact) mass is 398 g/mol. The summed E-state index contributed by atoms with van der Waals surface area (Å²) in [4.78, 5) is 28.2. The van der Waals surface area contributed by atoms with Crippen molar-refractivity contribution >= 4 is 28.8 Å². The van der Waals surface area contributed by atoms with Crippen LogP contribution in [0.5, 0.6) is 5.75 Å². The fourth-order valence-corrected chi connectivity index (χ4v) is 3.52. The Hall–Kier alpha value is -3.86. The van der Waals surface area contributed by atoms with Gasteiger partial charge in [-0.15, -0.1) is 0 Å². The molecule has 0 aromatic heterocycles. The fraction of sp³-hybridized carbons (Fsp3) is 0.120. The number of hydrogen-bond acceptors (Lipinski definition) is 4. The smallest absolute Gasteiger partial charge is 0.282 e. The first-order valence-corrected chi connectivity index (χ1v) is 9.66. The first-order chi connectivity index (χ1) is 14.5. The van der Waals surface area contributed by atoms with Crippen molar-refractivity contribution in [3.05, 3.63) is 95.2 Å². The Morgan fingerprint density at radius 3 is 2.20 bits per heavy atom. The molecule has 1 N–H and O–H groups in total. The molecule has 150 valence electrons. The van der Waals surface area contributed by atoms with Gasteiger partial charge in [0, 0.05) is 5.69 Å². The highest BCUT2D eigenvalue weighted by molar-refractivity contribution is 6.46. The number of nitrogens with zero attached hydrogens (tertiary/aromatic N) is 1. The Bertz CT molecular complexity index is 1150. The average Bonchev–Trinajstić information content (AvgIpc) is 3.00. The molecule has 0 aliphatic carbocycles. The van der Waals surface area contributed by atoms with Crippen LogP contribution in [0.1, 0.15) is 16.7 Å². The van der Waals surface area contributed by atoms with Crippen molar-refractivity contribution in [1.29, 1.82) is 0 Å². The lowest BCUT2D eigenvalue weighted by molar-refractivity contribution is -0.120. The lowest BCUT2D eigenvalue weighted by Gasteiger charge is -2.18. The van der Waals surface area contributed by atoms with Gasteiger partial charge in [0.05, 0.1) is 18.4 Å². The van der Waals surface area contributed by atoms with Gasteiger partial charge >= 0.3 is 0 Å². The Labute approximate surface area is 175 Å². The second-order valence-corrected chi connectivity index (χ2v) is 7.21. The van der Waals surface area contributed by atoms with E-state index >= 15 is 0 Å². The maximum atomic E-state index is 13.5. The Morgan fingerprint density at radius 1 is 0.833 bits per heavy atom. The van der Waals surface area contributed by atoms with Crippen LogP contribution in [0.15, 0.2) is 78.5 Å². The number of aryl methyl sites for hydroxylation is 2. The molecule has 0 saturated heterocycles. The highest BCUT2D eigenvalue weighted by atomic mass is 16.5. The summed E-state index contributed by atoms with van der Waals surface area (Å²) in [6.07, 6.45) is 0. The minimum absolute atomic E-state index is 0.261. The topological polar surface area (TPSA) is 58.6 Å². The molecule has 5 heteroatoms. The van der Waals surface area contributed by atoms with Crippen molar-refractivity contribution < 1.29 is 14.3 Å². The third kappa shape index (κ3) is 3.46. The first-order valence-electron chi connectivity index (χ1n) is 9.66. The van der Waals surface area contributed by atoms with Gasteiger partial charge in [-0.1, -0.05) is 42.5 Å². The average molecular weight is 398 g/mol. The van der Waals surface area contributed by atoms with Crippen LogP contribution in [0.2, 0.25) is 0 Å². The van der Waals surface area contributed by atoms with Gasteiger partial charge in [-0.25, -0.2) is 4.90 Å². The molecule has 4 rings (SSSR count). The first kappa shape index (κ1) is 19.5. The molecule has 3 aromatic rings. The van der Waals surface area contributed by atoms with Crippen molar-refractivity contribution in [2.45, 2.75) is 13.8 Å². The zero-order chi connectivity index (χ0) is 21.3. The standard InChI is InChI=1S/C25H22N2O3/c1-16-9-10-17(2)21(15-16)27-24(28)22(18-7-5-4-6-8-18)23(25(27)29)26-19-11-13-20(30-3)14-12-19/h4-15,26H,1-3H3. The molecule has 5 nitrogen and oxygen atoms in total. The zero-order valence-corrected chi connectivity index (χ0v) is 17.1. The molecule has 1 aliphatic rings. The SMILES string of the molecule is COc1ccc(NC2=C(c3ccccc3)C(=O)N(c3cc(C)ccc3C)C2=O)cc1. The summed E-state index contributed by atoms with van der Waals surface area (Å²) in [6, 6.07) is 22.2. The van der Waals surface area contributed by atoms with Crippen LogP contribution < -0.4 is 15.0 Å². The van der Waals surface area contributed by atoms with Gasteiger partial charge in [-0.2, -0.15) is 0 Å². The normalized spacial score (nSPS) is 13.8. The summed E-state index contributed by atoms with van der Waals surface area (Å²) in [5, 5.41) is 3.17. The number of benzene rings is 3. The molecule has 0 atom stereocenters. The number of anilines is 2. The van der Waals surface area contributed by atoms with Crippen LogP contribution in [0.4, 0.5) is 11.4 Å². The van der Waals surface area contributed by atoms with Crippen molar-refractivity contribution in [3.63, 3.8) is 0 Å². The van der Waals surface area contributed by atoms with E-state index in [1.807, 2.05) is 74.5 Å². The third-order valence-corrected chi connectivity index (χ3v) is 5.11. The van der Waals surface area contributed by atoms with Crippen molar-refractivity contribution in [2.24, 2.45) is 0 Å². The summed E-state index contributed by atoms with van der Waals surface area (Å²) in [7, 11) is 1.60. The quantitative estimate of drug-likeness (QED) is 0.633. The van der Waals surface area contributed by atoms with E-state index in [0.29, 0.717) is 28.3 Å². The molecule has 3 aromatic carbocycles. The summed E-state index contributed by atoms with van der Waals surface area (Å²) >= 11 is 0. The van der Waals surface area contributed by atoms with Gasteiger partial charge < -0.3 is 10.1 Å². The molecule has 1 aliphatic heterocycles. The van der Waals surface area contributed by atoms with Gasteiger partial charge in [-0.05, 0) is 60.9 Å². The third-order valence-electron chi connectivity index (χ3n) is 5.11. The summed E-state index contributed by atoms with van der Waals surface area (Å²) in [5.74, 6) is 0.00271.